The molecule has 3 N–H and O–H groups in total. The lowest BCUT2D eigenvalue weighted by molar-refractivity contribution is -0.173. The Hall–Kier alpha value is -2.72. The molecule has 10 heteroatoms. The number of nitrogens with one attached hydrogen (secondary N) is 1. The molecule has 3 aliphatic rings. The molecule has 3 saturated heterocycles. The minimum atomic E-state index is -0.511. The second-order valence-electron chi connectivity index (χ2n) is 10.1. The van der Waals surface area contributed by atoms with E-state index in [-0.39, 0.29) is 24.0 Å². The fourth-order valence-electron chi connectivity index (χ4n) is 5.44. The van der Waals surface area contributed by atoms with E-state index < -0.39 is 11.3 Å². The van der Waals surface area contributed by atoms with Crippen LogP contribution in [0.1, 0.15) is 62.4 Å². The Labute approximate surface area is 199 Å². The van der Waals surface area contributed by atoms with Crippen LogP contribution < -0.4 is 11.1 Å². The minimum absolute atomic E-state index is 0.125. The lowest BCUT2D eigenvalue weighted by atomic mass is 9.84. The quantitative estimate of drug-likeness (QED) is 0.662. The number of piperidine rings is 1. The number of anilines is 1. The third kappa shape index (κ3) is 4.02. The summed E-state index contributed by atoms with van der Waals surface area (Å²) >= 11 is 0. The minimum Gasteiger partial charge on any atom is -0.381 e. The summed E-state index contributed by atoms with van der Waals surface area (Å²) in [6.07, 6.45) is 7.57. The van der Waals surface area contributed by atoms with Gasteiger partial charge in [0.15, 0.2) is 5.65 Å². The van der Waals surface area contributed by atoms with Crippen LogP contribution >= 0.6 is 0 Å². The summed E-state index contributed by atoms with van der Waals surface area (Å²) in [5, 5.41) is 9.02. The van der Waals surface area contributed by atoms with Gasteiger partial charge in [-0.1, -0.05) is 6.92 Å². The van der Waals surface area contributed by atoms with Crippen molar-refractivity contribution in [3.63, 3.8) is 0 Å². The Bertz CT molecular complexity index is 1070. The van der Waals surface area contributed by atoms with E-state index in [2.05, 4.69) is 17.2 Å². The first-order valence-corrected chi connectivity index (χ1v) is 12.3. The van der Waals surface area contributed by atoms with Crippen molar-refractivity contribution in [2.45, 2.75) is 64.1 Å². The number of hydrogen-bond acceptors (Lipinski definition) is 7. The Morgan fingerprint density at radius 2 is 1.97 bits per heavy atom. The number of ether oxygens (including phenoxy) is 2. The Morgan fingerprint density at radius 1 is 1.21 bits per heavy atom. The molecule has 0 aliphatic carbocycles. The zero-order valence-corrected chi connectivity index (χ0v) is 20.0. The van der Waals surface area contributed by atoms with Gasteiger partial charge in [0.1, 0.15) is 0 Å². The number of carbonyl (C=O) groups is 2. The number of primary amides is 1. The van der Waals surface area contributed by atoms with Crippen molar-refractivity contribution < 1.29 is 19.1 Å². The number of nitrogens with two attached hydrogens (primary N) is 1. The number of hydrogen-bond donors (Lipinski definition) is 2. The second kappa shape index (κ2) is 9.14. The predicted octanol–water partition coefficient (Wildman–Crippen LogP) is 2.10. The number of fused-ring (bicyclic) bond motifs is 1. The van der Waals surface area contributed by atoms with Gasteiger partial charge in [-0.2, -0.15) is 5.10 Å². The van der Waals surface area contributed by atoms with Gasteiger partial charge in [-0.25, -0.2) is 9.67 Å². The van der Waals surface area contributed by atoms with Crippen molar-refractivity contribution in [3.05, 3.63) is 18.0 Å². The maximum absolute atomic E-state index is 13.2. The fraction of sp³-hybridized carbons (Fsp3) is 0.667. The van der Waals surface area contributed by atoms with Crippen LogP contribution in [0.3, 0.4) is 0 Å². The van der Waals surface area contributed by atoms with Crippen LogP contribution in [0.2, 0.25) is 0 Å². The van der Waals surface area contributed by atoms with E-state index in [4.69, 9.17) is 20.3 Å². The summed E-state index contributed by atoms with van der Waals surface area (Å²) < 4.78 is 12.8. The van der Waals surface area contributed by atoms with Gasteiger partial charge >= 0.3 is 0 Å². The smallest absolute Gasteiger partial charge is 0.252 e. The highest BCUT2D eigenvalue weighted by Crippen LogP contribution is 2.37. The standard InChI is InChI=1S/C24H34N6O4/c1-3-16-10-17(4-7-29(16)23(32)24(2)13-34-14-24)30-22-19(12-27-30)20(18(11-26-22)21(25)31)28-15-5-8-33-9-6-15/h11-12,15-17H,3-10,13-14H2,1-2H3,(H2,25,31)(H,26,28). The van der Waals surface area contributed by atoms with Crippen LogP contribution in [-0.4, -0.2) is 76.5 Å². The molecule has 2 unspecified atom stereocenters. The summed E-state index contributed by atoms with van der Waals surface area (Å²) in [7, 11) is 0. The molecular weight excluding hydrogens is 436 g/mol. The Kier molecular flexibility index (Phi) is 6.20. The van der Waals surface area contributed by atoms with Gasteiger partial charge < -0.3 is 25.4 Å². The van der Waals surface area contributed by atoms with Crippen LogP contribution in [0, 0.1) is 5.41 Å². The molecule has 0 bridgehead atoms. The van der Waals surface area contributed by atoms with Gasteiger partial charge in [-0.05, 0) is 39.0 Å². The van der Waals surface area contributed by atoms with Crippen molar-refractivity contribution in [1.29, 1.82) is 0 Å². The first-order chi connectivity index (χ1) is 16.4. The van der Waals surface area contributed by atoms with E-state index in [1.165, 1.54) is 0 Å². The number of nitrogens with zero attached hydrogens (tertiary/aromatic N) is 4. The van der Waals surface area contributed by atoms with Gasteiger partial charge in [0.25, 0.3) is 5.91 Å². The highest BCUT2D eigenvalue weighted by atomic mass is 16.5. The van der Waals surface area contributed by atoms with Crippen molar-refractivity contribution in [1.82, 2.24) is 19.7 Å². The largest absolute Gasteiger partial charge is 0.381 e. The number of carbonyl (C=O) groups excluding carboxylic acids is 2. The van der Waals surface area contributed by atoms with Gasteiger partial charge in [-0.3, -0.25) is 9.59 Å². The van der Waals surface area contributed by atoms with Crippen molar-refractivity contribution in [3.8, 4) is 0 Å². The summed E-state index contributed by atoms with van der Waals surface area (Å²) in [6.45, 7) is 7.19. The highest BCUT2D eigenvalue weighted by Gasteiger charge is 2.46. The lowest BCUT2D eigenvalue weighted by Crippen LogP contribution is -2.57. The van der Waals surface area contributed by atoms with Crippen molar-refractivity contribution >= 4 is 28.5 Å². The van der Waals surface area contributed by atoms with Crippen LogP contribution in [-0.2, 0) is 14.3 Å². The number of amides is 2. The number of aromatic nitrogens is 3. The molecule has 2 atom stereocenters. The van der Waals surface area contributed by atoms with E-state index in [0.29, 0.717) is 44.2 Å². The molecule has 34 heavy (non-hydrogen) atoms. The van der Waals surface area contributed by atoms with E-state index in [9.17, 15) is 9.59 Å². The lowest BCUT2D eigenvalue weighted by Gasteiger charge is -2.46. The van der Waals surface area contributed by atoms with Crippen LogP contribution in [0.5, 0.6) is 0 Å². The number of rotatable bonds is 6. The number of likely N-dealkylation sites (tertiary alicyclic amines) is 1. The maximum atomic E-state index is 13.2. The molecule has 0 saturated carbocycles. The molecule has 0 aromatic carbocycles. The van der Waals surface area contributed by atoms with Gasteiger partial charge in [0.2, 0.25) is 5.91 Å². The molecular formula is C24H34N6O4. The molecule has 2 amide bonds. The van der Waals surface area contributed by atoms with Gasteiger partial charge in [0.05, 0.1) is 47.5 Å². The SMILES string of the molecule is CCC1CC(n2ncc3c(NC4CCOCC4)c(C(N)=O)cnc32)CCN1C(=O)C1(C)COC1. The monoisotopic (exact) mass is 470 g/mol. The predicted molar refractivity (Wildman–Crippen MR) is 126 cm³/mol. The van der Waals surface area contributed by atoms with E-state index in [0.717, 1.165) is 43.1 Å². The summed E-state index contributed by atoms with van der Waals surface area (Å²) in [4.78, 5) is 32.0. The molecule has 3 fully saturated rings. The molecule has 5 heterocycles. The molecule has 10 nitrogen and oxygen atoms in total. The van der Waals surface area contributed by atoms with Crippen molar-refractivity contribution in [2.75, 3.05) is 38.3 Å². The number of pyridine rings is 1. The first-order valence-electron chi connectivity index (χ1n) is 12.3. The maximum Gasteiger partial charge on any atom is 0.252 e. The summed E-state index contributed by atoms with van der Waals surface area (Å²) in [6, 6.07) is 0.476. The first kappa shape index (κ1) is 23.0. The third-order valence-electron chi connectivity index (χ3n) is 7.58. The van der Waals surface area contributed by atoms with Crippen LogP contribution in [0.25, 0.3) is 11.0 Å². The molecule has 2 aromatic rings. The Morgan fingerprint density at radius 3 is 2.62 bits per heavy atom. The zero-order chi connectivity index (χ0) is 23.9. The molecule has 3 aliphatic heterocycles. The van der Waals surface area contributed by atoms with Crippen LogP contribution in [0.4, 0.5) is 5.69 Å². The van der Waals surface area contributed by atoms with E-state index >= 15 is 0 Å². The third-order valence-corrected chi connectivity index (χ3v) is 7.58. The van der Waals surface area contributed by atoms with Gasteiger partial charge in [-0.15, -0.1) is 0 Å². The molecule has 184 valence electrons. The van der Waals surface area contributed by atoms with E-state index in [1.807, 2.05) is 16.5 Å². The molecule has 2 aromatic heterocycles. The average Bonchev–Trinajstić information content (AvgIpc) is 3.27. The fourth-order valence-corrected chi connectivity index (χ4v) is 5.44. The molecule has 5 rings (SSSR count). The molecule has 0 radical (unpaired) electrons. The van der Waals surface area contributed by atoms with E-state index in [1.54, 1.807) is 12.4 Å². The highest BCUT2D eigenvalue weighted by molar-refractivity contribution is 6.05. The normalized spacial score (nSPS) is 25.2. The van der Waals surface area contributed by atoms with Crippen LogP contribution in [0.15, 0.2) is 12.4 Å². The zero-order valence-electron chi connectivity index (χ0n) is 20.0. The summed E-state index contributed by atoms with van der Waals surface area (Å²) in [5.41, 5.74) is 7.09. The molecule has 0 spiro atoms. The Balaban J connectivity index is 1.41. The second-order valence-corrected chi connectivity index (χ2v) is 10.1. The average molecular weight is 471 g/mol. The summed E-state index contributed by atoms with van der Waals surface area (Å²) in [5.74, 6) is -0.315. The van der Waals surface area contributed by atoms with Crippen molar-refractivity contribution in [2.24, 2.45) is 11.1 Å². The topological polar surface area (TPSA) is 125 Å². The van der Waals surface area contributed by atoms with Gasteiger partial charge in [0, 0.05) is 38.0 Å².